The second-order valence-electron chi connectivity index (χ2n) is 4.22. The molecule has 2 heterocycles. The molecule has 1 N–H and O–H groups in total. The van der Waals surface area contributed by atoms with Gasteiger partial charge in [0, 0.05) is 25.2 Å². The molecule has 1 aromatic heterocycles. The minimum atomic E-state index is 0.323. The molecule has 2 rings (SSSR count). The zero-order valence-electron chi connectivity index (χ0n) is 9.74. The van der Waals surface area contributed by atoms with Crippen molar-refractivity contribution in [3.05, 3.63) is 16.4 Å². The minimum Gasteiger partial charge on any atom is -0.380 e. The molecule has 0 bridgehead atoms. The first-order valence-electron chi connectivity index (χ1n) is 5.73. The Morgan fingerprint density at radius 2 is 2.11 bits per heavy atom. The number of nitriles is 1. The van der Waals surface area contributed by atoms with Gasteiger partial charge in [-0.05, 0) is 12.8 Å². The van der Waals surface area contributed by atoms with Crippen molar-refractivity contribution in [3.63, 3.8) is 0 Å². The van der Waals surface area contributed by atoms with Crippen molar-refractivity contribution in [1.82, 2.24) is 15.1 Å². The molecule has 1 aliphatic rings. The molecule has 0 aromatic carbocycles. The monoisotopic (exact) mass is 285 g/mol. The lowest BCUT2D eigenvalue weighted by Crippen LogP contribution is -2.39. The Bertz CT molecular complexity index is 451. The van der Waals surface area contributed by atoms with Crippen LogP contribution in [0.2, 0.25) is 10.3 Å². The Morgan fingerprint density at radius 3 is 2.78 bits per heavy atom. The standard InChI is InChI=1S/C11H13Cl2N5/c12-10-7-9(11(13)17-16-10)15-8-1-4-18(5-2-8)6-3-14/h7-8H,1-2,4-6H2,(H,15,16). The van der Waals surface area contributed by atoms with Gasteiger partial charge in [0.05, 0.1) is 18.3 Å². The third kappa shape index (κ3) is 3.45. The summed E-state index contributed by atoms with van der Waals surface area (Å²) in [6, 6.07) is 4.18. The van der Waals surface area contributed by atoms with Crippen LogP contribution in [0.5, 0.6) is 0 Å². The van der Waals surface area contributed by atoms with Crippen molar-refractivity contribution in [3.8, 4) is 6.07 Å². The van der Waals surface area contributed by atoms with E-state index in [1.54, 1.807) is 6.07 Å². The fourth-order valence-corrected chi connectivity index (χ4v) is 2.30. The van der Waals surface area contributed by atoms with E-state index in [-0.39, 0.29) is 0 Å². The van der Waals surface area contributed by atoms with Gasteiger partial charge in [0.1, 0.15) is 0 Å². The van der Waals surface area contributed by atoms with Gasteiger partial charge in [0.2, 0.25) is 0 Å². The van der Waals surface area contributed by atoms with Gasteiger partial charge in [-0.1, -0.05) is 23.2 Å². The Labute approximate surface area is 116 Å². The summed E-state index contributed by atoms with van der Waals surface area (Å²) in [6.45, 7) is 2.32. The van der Waals surface area contributed by atoms with Gasteiger partial charge in [-0.25, -0.2) is 0 Å². The van der Waals surface area contributed by atoms with Gasteiger partial charge in [-0.2, -0.15) is 5.26 Å². The van der Waals surface area contributed by atoms with Gasteiger partial charge in [-0.15, -0.1) is 10.2 Å². The maximum absolute atomic E-state index is 8.63. The number of piperidine rings is 1. The lowest BCUT2D eigenvalue weighted by molar-refractivity contribution is 0.242. The maximum Gasteiger partial charge on any atom is 0.174 e. The van der Waals surface area contributed by atoms with Crippen LogP contribution in [-0.2, 0) is 0 Å². The number of rotatable bonds is 3. The first-order valence-corrected chi connectivity index (χ1v) is 6.49. The Balaban J connectivity index is 1.92. The third-order valence-electron chi connectivity index (χ3n) is 2.96. The predicted molar refractivity (Wildman–Crippen MR) is 70.7 cm³/mol. The first-order chi connectivity index (χ1) is 8.69. The number of likely N-dealkylation sites (tertiary alicyclic amines) is 1. The van der Waals surface area contributed by atoms with E-state index in [2.05, 4.69) is 26.5 Å². The number of anilines is 1. The number of aromatic nitrogens is 2. The van der Waals surface area contributed by atoms with E-state index in [0.29, 0.717) is 22.9 Å². The minimum absolute atomic E-state index is 0.323. The molecule has 1 fully saturated rings. The zero-order chi connectivity index (χ0) is 13.0. The van der Waals surface area contributed by atoms with Gasteiger partial charge in [0.25, 0.3) is 0 Å². The second kappa shape index (κ2) is 6.19. The fraction of sp³-hybridized carbons (Fsp3) is 0.545. The number of nitrogens with zero attached hydrogens (tertiary/aromatic N) is 4. The number of hydrogen-bond donors (Lipinski definition) is 1. The highest BCUT2D eigenvalue weighted by molar-refractivity contribution is 6.33. The van der Waals surface area contributed by atoms with E-state index in [1.165, 1.54) is 0 Å². The van der Waals surface area contributed by atoms with E-state index in [9.17, 15) is 0 Å². The summed E-state index contributed by atoms with van der Waals surface area (Å²) >= 11 is 11.7. The molecule has 1 aliphatic heterocycles. The molecule has 1 aromatic rings. The van der Waals surface area contributed by atoms with E-state index >= 15 is 0 Å². The van der Waals surface area contributed by atoms with E-state index in [4.69, 9.17) is 28.5 Å². The summed E-state index contributed by atoms with van der Waals surface area (Å²) in [5, 5.41) is 20.0. The number of halogens is 2. The Hall–Kier alpha value is -1.09. The van der Waals surface area contributed by atoms with Crippen LogP contribution in [0.4, 0.5) is 5.69 Å². The molecule has 96 valence electrons. The molecule has 5 nitrogen and oxygen atoms in total. The summed E-state index contributed by atoms with van der Waals surface area (Å²) in [6.07, 6.45) is 1.94. The maximum atomic E-state index is 8.63. The Morgan fingerprint density at radius 1 is 1.39 bits per heavy atom. The summed E-state index contributed by atoms with van der Waals surface area (Å²) in [5.41, 5.74) is 0.718. The molecule has 0 amide bonds. The van der Waals surface area contributed by atoms with Crippen molar-refractivity contribution in [2.75, 3.05) is 25.0 Å². The molecule has 0 atom stereocenters. The predicted octanol–water partition coefficient (Wildman–Crippen LogP) is 2.18. The van der Waals surface area contributed by atoms with Crippen LogP contribution in [0.1, 0.15) is 12.8 Å². The van der Waals surface area contributed by atoms with Crippen molar-refractivity contribution in [2.24, 2.45) is 0 Å². The summed E-state index contributed by atoms with van der Waals surface area (Å²) in [5.74, 6) is 0. The largest absolute Gasteiger partial charge is 0.380 e. The smallest absolute Gasteiger partial charge is 0.174 e. The zero-order valence-corrected chi connectivity index (χ0v) is 11.2. The highest BCUT2D eigenvalue weighted by Gasteiger charge is 2.19. The third-order valence-corrected chi connectivity index (χ3v) is 3.42. The number of hydrogen-bond acceptors (Lipinski definition) is 5. The lowest BCUT2D eigenvalue weighted by Gasteiger charge is -2.31. The van der Waals surface area contributed by atoms with Crippen molar-refractivity contribution >= 4 is 28.9 Å². The topological polar surface area (TPSA) is 64.8 Å². The quantitative estimate of drug-likeness (QED) is 0.863. The normalized spacial score (nSPS) is 17.4. The average Bonchev–Trinajstić information content (AvgIpc) is 2.37. The highest BCUT2D eigenvalue weighted by Crippen LogP contribution is 2.24. The van der Waals surface area contributed by atoms with Crippen LogP contribution in [0.25, 0.3) is 0 Å². The fourth-order valence-electron chi connectivity index (χ4n) is 2.01. The van der Waals surface area contributed by atoms with Crippen LogP contribution in [-0.4, -0.2) is 40.8 Å². The van der Waals surface area contributed by atoms with Crippen molar-refractivity contribution < 1.29 is 0 Å². The first kappa shape index (κ1) is 13.3. The van der Waals surface area contributed by atoms with Gasteiger partial charge in [0.15, 0.2) is 10.3 Å². The van der Waals surface area contributed by atoms with Crippen molar-refractivity contribution in [2.45, 2.75) is 18.9 Å². The highest BCUT2D eigenvalue weighted by atomic mass is 35.5. The lowest BCUT2D eigenvalue weighted by atomic mass is 10.0. The van der Waals surface area contributed by atoms with Gasteiger partial charge >= 0.3 is 0 Å². The molecule has 1 saturated heterocycles. The molecule has 0 aliphatic carbocycles. The van der Waals surface area contributed by atoms with Gasteiger partial charge in [-0.3, -0.25) is 4.90 Å². The summed E-state index contributed by atoms with van der Waals surface area (Å²) in [4.78, 5) is 2.14. The molecule has 7 heteroatoms. The van der Waals surface area contributed by atoms with Crippen LogP contribution < -0.4 is 5.32 Å². The molecular weight excluding hydrogens is 273 g/mol. The molecule has 0 saturated carbocycles. The van der Waals surface area contributed by atoms with E-state index < -0.39 is 0 Å². The molecular formula is C11H13Cl2N5. The molecule has 0 spiro atoms. The van der Waals surface area contributed by atoms with E-state index in [1.807, 2.05) is 0 Å². The van der Waals surface area contributed by atoms with E-state index in [0.717, 1.165) is 31.6 Å². The second-order valence-corrected chi connectivity index (χ2v) is 4.97. The average molecular weight is 286 g/mol. The molecule has 0 unspecified atom stereocenters. The molecule has 18 heavy (non-hydrogen) atoms. The van der Waals surface area contributed by atoms with Crippen LogP contribution >= 0.6 is 23.2 Å². The molecule has 0 radical (unpaired) electrons. The SMILES string of the molecule is N#CCN1CCC(Nc2cc(Cl)nnc2Cl)CC1. The number of nitrogens with one attached hydrogen (secondary N) is 1. The Kier molecular flexibility index (Phi) is 4.59. The van der Waals surface area contributed by atoms with Crippen molar-refractivity contribution in [1.29, 1.82) is 5.26 Å². The van der Waals surface area contributed by atoms with Crippen LogP contribution in [0.15, 0.2) is 6.07 Å². The summed E-state index contributed by atoms with van der Waals surface area (Å²) in [7, 11) is 0. The van der Waals surface area contributed by atoms with Crippen LogP contribution in [0, 0.1) is 11.3 Å². The summed E-state index contributed by atoms with van der Waals surface area (Å²) < 4.78 is 0. The van der Waals surface area contributed by atoms with Gasteiger partial charge < -0.3 is 5.32 Å². The van der Waals surface area contributed by atoms with Crippen LogP contribution in [0.3, 0.4) is 0 Å².